The van der Waals surface area contributed by atoms with Crippen molar-refractivity contribution in [3.8, 4) is 5.75 Å². The molecule has 0 saturated carbocycles. The maximum atomic E-state index is 12.4. The van der Waals surface area contributed by atoms with E-state index in [1.54, 1.807) is 37.6 Å². The van der Waals surface area contributed by atoms with E-state index in [0.29, 0.717) is 11.6 Å². The van der Waals surface area contributed by atoms with Gasteiger partial charge in [0.05, 0.1) is 12.8 Å². The fourth-order valence-corrected chi connectivity index (χ4v) is 3.97. The summed E-state index contributed by atoms with van der Waals surface area (Å²) < 4.78 is 10.1. The number of hydrogen-bond acceptors (Lipinski definition) is 6. The van der Waals surface area contributed by atoms with Crippen LogP contribution in [0.2, 0.25) is 0 Å². The summed E-state index contributed by atoms with van der Waals surface area (Å²) in [6.45, 7) is 2.82. The zero-order valence-corrected chi connectivity index (χ0v) is 18.0. The summed E-state index contributed by atoms with van der Waals surface area (Å²) in [6.07, 6.45) is 3.82. The summed E-state index contributed by atoms with van der Waals surface area (Å²) in [7, 11) is 3.76. The predicted molar refractivity (Wildman–Crippen MR) is 121 cm³/mol. The first kappa shape index (κ1) is 20.9. The second-order valence-corrected chi connectivity index (χ2v) is 7.85. The Morgan fingerprint density at radius 2 is 1.84 bits per heavy atom. The largest absolute Gasteiger partial charge is 0.497 e. The molecule has 1 aromatic heterocycles. The molecule has 2 aromatic carbocycles. The molecule has 1 amide bonds. The predicted octanol–water partition coefficient (Wildman–Crippen LogP) is 4.04. The molecule has 0 aliphatic carbocycles. The van der Waals surface area contributed by atoms with Gasteiger partial charge in [-0.1, -0.05) is 5.16 Å². The first-order chi connectivity index (χ1) is 15.1. The van der Waals surface area contributed by atoms with Crippen molar-refractivity contribution in [2.75, 3.05) is 37.5 Å². The lowest BCUT2D eigenvalue weighted by atomic mass is 10.0. The third kappa shape index (κ3) is 5.24. The van der Waals surface area contributed by atoms with Gasteiger partial charge in [-0.3, -0.25) is 9.69 Å². The maximum Gasteiger partial charge on any atom is 0.255 e. The summed E-state index contributed by atoms with van der Waals surface area (Å²) in [6, 6.07) is 17.6. The Balaban J connectivity index is 1.28. The second kappa shape index (κ2) is 9.66. The molecule has 31 heavy (non-hydrogen) atoms. The van der Waals surface area contributed by atoms with Crippen molar-refractivity contribution in [3.63, 3.8) is 0 Å². The lowest BCUT2D eigenvalue weighted by Crippen LogP contribution is -2.43. The number of ether oxygens (including phenoxy) is 1. The van der Waals surface area contributed by atoms with Crippen LogP contribution in [0.1, 0.15) is 28.9 Å². The van der Waals surface area contributed by atoms with E-state index < -0.39 is 0 Å². The van der Waals surface area contributed by atoms with E-state index >= 15 is 0 Å². The van der Waals surface area contributed by atoms with Gasteiger partial charge in [-0.2, -0.15) is 0 Å². The lowest BCUT2D eigenvalue weighted by Gasteiger charge is -2.37. The number of rotatable bonds is 7. The lowest BCUT2D eigenvalue weighted by molar-refractivity contribution is 0.102. The average Bonchev–Trinajstić information content (AvgIpc) is 3.33. The molecule has 0 spiro atoms. The van der Waals surface area contributed by atoms with Crippen LogP contribution in [0.3, 0.4) is 0 Å². The van der Waals surface area contributed by atoms with Crippen LogP contribution in [-0.4, -0.2) is 49.3 Å². The molecule has 162 valence electrons. The molecular formula is C24H28N4O3. The SMILES string of the molecule is COc1ccc(C(=O)Nc2ccc(N3CCC(N(C)Cc4ccon4)CC3)cc2)cc1. The van der Waals surface area contributed by atoms with Gasteiger partial charge in [-0.15, -0.1) is 0 Å². The molecule has 0 radical (unpaired) electrons. The molecule has 1 fully saturated rings. The summed E-state index contributed by atoms with van der Waals surface area (Å²) in [5.74, 6) is 0.598. The van der Waals surface area contributed by atoms with E-state index in [2.05, 4.69) is 39.5 Å². The smallest absolute Gasteiger partial charge is 0.255 e. The van der Waals surface area contributed by atoms with Crippen molar-refractivity contribution in [3.05, 3.63) is 72.1 Å². The average molecular weight is 421 g/mol. The molecule has 0 unspecified atom stereocenters. The van der Waals surface area contributed by atoms with Gasteiger partial charge >= 0.3 is 0 Å². The molecule has 4 rings (SSSR count). The van der Waals surface area contributed by atoms with Crippen LogP contribution < -0.4 is 15.0 Å². The van der Waals surface area contributed by atoms with Crippen molar-refractivity contribution >= 4 is 17.3 Å². The number of anilines is 2. The van der Waals surface area contributed by atoms with Crippen LogP contribution in [0.15, 0.2) is 65.4 Å². The van der Waals surface area contributed by atoms with Crippen molar-refractivity contribution in [1.29, 1.82) is 0 Å². The fraction of sp³-hybridized carbons (Fsp3) is 0.333. The van der Waals surface area contributed by atoms with E-state index in [1.807, 2.05) is 18.2 Å². The van der Waals surface area contributed by atoms with Gasteiger partial charge in [-0.25, -0.2) is 0 Å². The van der Waals surface area contributed by atoms with Gasteiger partial charge in [0.2, 0.25) is 0 Å². The number of benzene rings is 2. The molecule has 1 aliphatic heterocycles. The van der Waals surface area contributed by atoms with Crippen molar-refractivity contribution in [1.82, 2.24) is 10.1 Å². The molecule has 1 aliphatic rings. The van der Waals surface area contributed by atoms with Gasteiger partial charge in [0, 0.05) is 48.7 Å². The van der Waals surface area contributed by atoms with Gasteiger partial charge in [0.25, 0.3) is 5.91 Å². The Kier molecular flexibility index (Phi) is 6.52. The normalized spacial score (nSPS) is 14.6. The first-order valence-corrected chi connectivity index (χ1v) is 10.5. The fourth-order valence-electron chi connectivity index (χ4n) is 3.97. The highest BCUT2D eigenvalue weighted by Crippen LogP contribution is 2.24. The monoisotopic (exact) mass is 420 g/mol. The third-order valence-corrected chi connectivity index (χ3v) is 5.83. The Hall–Kier alpha value is -3.32. The Morgan fingerprint density at radius 1 is 1.13 bits per heavy atom. The molecule has 0 atom stereocenters. The van der Waals surface area contributed by atoms with Gasteiger partial charge in [0.1, 0.15) is 12.0 Å². The number of carbonyl (C=O) groups excluding carboxylic acids is 1. The minimum Gasteiger partial charge on any atom is -0.497 e. The zero-order chi connectivity index (χ0) is 21.6. The van der Waals surface area contributed by atoms with Crippen LogP contribution in [-0.2, 0) is 6.54 Å². The first-order valence-electron chi connectivity index (χ1n) is 10.5. The van der Waals surface area contributed by atoms with Crippen LogP contribution in [0.4, 0.5) is 11.4 Å². The van der Waals surface area contributed by atoms with Gasteiger partial charge < -0.3 is 19.5 Å². The van der Waals surface area contributed by atoms with Crippen LogP contribution in [0.25, 0.3) is 0 Å². The summed E-state index contributed by atoms with van der Waals surface area (Å²) in [5, 5.41) is 6.96. The van der Waals surface area contributed by atoms with Crippen LogP contribution in [0, 0.1) is 0 Å². The Labute approximate surface area is 182 Å². The molecule has 1 N–H and O–H groups in total. The van der Waals surface area contributed by atoms with Gasteiger partial charge in [-0.05, 0) is 68.4 Å². The van der Waals surface area contributed by atoms with E-state index in [1.165, 1.54) is 5.69 Å². The van der Waals surface area contributed by atoms with E-state index in [9.17, 15) is 4.79 Å². The molecule has 2 heterocycles. The highest BCUT2D eigenvalue weighted by molar-refractivity contribution is 6.04. The van der Waals surface area contributed by atoms with E-state index in [-0.39, 0.29) is 5.91 Å². The number of carbonyl (C=O) groups is 1. The molecular weight excluding hydrogens is 392 g/mol. The number of nitrogens with one attached hydrogen (secondary N) is 1. The summed E-state index contributed by atoms with van der Waals surface area (Å²) in [5.41, 5.74) is 3.53. The summed E-state index contributed by atoms with van der Waals surface area (Å²) >= 11 is 0. The number of aromatic nitrogens is 1. The molecule has 7 heteroatoms. The van der Waals surface area contributed by atoms with E-state index in [0.717, 1.165) is 49.6 Å². The molecule has 0 bridgehead atoms. The van der Waals surface area contributed by atoms with Crippen LogP contribution in [0.5, 0.6) is 5.75 Å². The topological polar surface area (TPSA) is 70.8 Å². The highest BCUT2D eigenvalue weighted by Gasteiger charge is 2.23. The molecule has 3 aromatic rings. The van der Waals surface area contributed by atoms with Crippen molar-refractivity contribution in [2.45, 2.75) is 25.4 Å². The van der Waals surface area contributed by atoms with Crippen molar-refractivity contribution < 1.29 is 14.1 Å². The molecule has 1 saturated heterocycles. The quantitative estimate of drug-likeness (QED) is 0.622. The zero-order valence-electron chi connectivity index (χ0n) is 18.0. The number of amides is 1. The second-order valence-electron chi connectivity index (χ2n) is 7.85. The number of methoxy groups -OCH3 is 1. The highest BCUT2D eigenvalue weighted by atomic mass is 16.5. The van der Waals surface area contributed by atoms with Gasteiger partial charge in [0.15, 0.2) is 0 Å². The number of nitrogens with zero attached hydrogens (tertiary/aromatic N) is 3. The summed E-state index contributed by atoms with van der Waals surface area (Å²) in [4.78, 5) is 17.2. The Bertz CT molecular complexity index is 963. The van der Waals surface area contributed by atoms with Crippen molar-refractivity contribution in [2.24, 2.45) is 0 Å². The minimum atomic E-state index is -0.133. The maximum absolute atomic E-state index is 12.4. The number of piperidine rings is 1. The standard InChI is InChI=1S/C24H28N4O3/c1-27(17-20-13-16-31-26-20)21-11-14-28(15-12-21)22-7-5-19(6-8-22)25-24(29)18-3-9-23(30-2)10-4-18/h3-10,13,16,21H,11-12,14-15,17H2,1-2H3,(H,25,29). The minimum absolute atomic E-state index is 0.133. The Morgan fingerprint density at radius 3 is 2.45 bits per heavy atom. The van der Waals surface area contributed by atoms with Crippen LogP contribution >= 0.6 is 0 Å². The number of hydrogen-bond donors (Lipinski definition) is 1. The van der Waals surface area contributed by atoms with E-state index in [4.69, 9.17) is 9.26 Å². The molecule has 7 nitrogen and oxygen atoms in total. The third-order valence-electron chi connectivity index (χ3n) is 5.83.